The number of hydrogen-bond acceptors (Lipinski definition) is 2. The molecule has 102 valence electrons. The fourth-order valence-electron chi connectivity index (χ4n) is 2.66. The lowest BCUT2D eigenvalue weighted by Crippen LogP contribution is -2.48. The van der Waals surface area contributed by atoms with Crippen molar-refractivity contribution in [1.29, 1.82) is 0 Å². The highest BCUT2D eigenvalue weighted by molar-refractivity contribution is 6.01. The first-order chi connectivity index (χ1) is 8.80. The van der Waals surface area contributed by atoms with Crippen molar-refractivity contribution >= 4 is 11.8 Å². The molecule has 3 nitrogen and oxygen atoms in total. The molecule has 0 aromatic heterocycles. The Morgan fingerprint density at radius 3 is 2.42 bits per heavy atom. The van der Waals surface area contributed by atoms with E-state index < -0.39 is 17.6 Å². The molecule has 2 rings (SSSR count). The first-order valence-electron chi connectivity index (χ1n) is 6.39. The van der Waals surface area contributed by atoms with Crippen molar-refractivity contribution in [2.45, 2.75) is 33.1 Å². The summed E-state index contributed by atoms with van der Waals surface area (Å²) < 4.78 is 13.9. The number of carbonyl (C=O) groups excluding carboxylic acids is 2. The third-order valence-corrected chi connectivity index (χ3v) is 3.71. The number of halogens is 1. The fraction of sp³-hybridized carbons (Fsp3) is 0.467. The topological polar surface area (TPSA) is 46.2 Å². The van der Waals surface area contributed by atoms with Gasteiger partial charge in [-0.1, -0.05) is 39.0 Å². The zero-order chi connectivity index (χ0) is 14.2. The molecule has 2 unspecified atom stereocenters. The van der Waals surface area contributed by atoms with Crippen LogP contribution in [-0.4, -0.2) is 11.8 Å². The maximum Gasteiger partial charge on any atom is 0.234 e. The van der Waals surface area contributed by atoms with E-state index in [0.717, 1.165) is 0 Å². The molecule has 1 aromatic carbocycles. The van der Waals surface area contributed by atoms with E-state index in [-0.39, 0.29) is 23.7 Å². The van der Waals surface area contributed by atoms with E-state index >= 15 is 0 Å². The van der Waals surface area contributed by atoms with E-state index in [9.17, 15) is 14.0 Å². The molecule has 0 saturated carbocycles. The molecule has 1 fully saturated rings. The second-order valence-electron chi connectivity index (χ2n) is 6.09. The van der Waals surface area contributed by atoms with Crippen LogP contribution in [0.2, 0.25) is 0 Å². The van der Waals surface area contributed by atoms with Gasteiger partial charge in [0.15, 0.2) is 0 Å². The molecule has 1 aliphatic rings. The zero-order valence-corrected chi connectivity index (χ0v) is 11.4. The van der Waals surface area contributed by atoms with Crippen LogP contribution >= 0.6 is 0 Å². The minimum atomic E-state index is -0.612. The molecule has 2 amide bonds. The van der Waals surface area contributed by atoms with Gasteiger partial charge >= 0.3 is 0 Å². The van der Waals surface area contributed by atoms with Crippen LogP contribution in [0.3, 0.4) is 0 Å². The van der Waals surface area contributed by atoms with Gasteiger partial charge in [0.1, 0.15) is 5.82 Å². The van der Waals surface area contributed by atoms with Crippen molar-refractivity contribution in [3.05, 3.63) is 35.6 Å². The lowest BCUT2D eigenvalue weighted by molar-refractivity contribution is -0.138. The van der Waals surface area contributed by atoms with Gasteiger partial charge < -0.3 is 0 Å². The third-order valence-electron chi connectivity index (χ3n) is 3.71. The average Bonchev–Trinajstić information content (AvgIpc) is 2.28. The molecule has 4 heteroatoms. The highest BCUT2D eigenvalue weighted by atomic mass is 19.1. The van der Waals surface area contributed by atoms with Crippen molar-refractivity contribution in [3.63, 3.8) is 0 Å². The Kier molecular flexibility index (Phi) is 3.43. The van der Waals surface area contributed by atoms with E-state index in [0.29, 0.717) is 5.56 Å². The van der Waals surface area contributed by atoms with Crippen LogP contribution in [0, 0.1) is 17.2 Å². The molecule has 0 aliphatic carbocycles. The largest absolute Gasteiger partial charge is 0.296 e. The predicted molar refractivity (Wildman–Crippen MR) is 69.9 cm³/mol. The van der Waals surface area contributed by atoms with Gasteiger partial charge in [-0.3, -0.25) is 14.9 Å². The Bertz CT molecular complexity index is 519. The fourth-order valence-corrected chi connectivity index (χ4v) is 2.66. The minimum Gasteiger partial charge on any atom is -0.296 e. The van der Waals surface area contributed by atoms with Crippen LogP contribution in [0.4, 0.5) is 4.39 Å². The van der Waals surface area contributed by atoms with Gasteiger partial charge in [0, 0.05) is 12.0 Å². The van der Waals surface area contributed by atoms with Crippen LogP contribution < -0.4 is 5.32 Å². The standard InChI is InChI=1S/C15H18FNO2/c1-15(2,3)10-8-12(18)17-14(19)13(10)9-6-4-5-7-11(9)16/h4-7,10,13H,8H2,1-3H3,(H,17,18,19). The van der Waals surface area contributed by atoms with Crippen molar-refractivity contribution in [3.8, 4) is 0 Å². The quantitative estimate of drug-likeness (QED) is 0.792. The summed E-state index contributed by atoms with van der Waals surface area (Å²) in [5.41, 5.74) is 0.118. The smallest absolute Gasteiger partial charge is 0.234 e. The number of hydrogen-bond donors (Lipinski definition) is 1. The van der Waals surface area contributed by atoms with Crippen LogP contribution in [0.1, 0.15) is 38.7 Å². The van der Waals surface area contributed by atoms with E-state index in [2.05, 4.69) is 5.32 Å². The Labute approximate surface area is 112 Å². The Balaban J connectivity index is 2.47. The monoisotopic (exact) mass is 263 g/mol. The number of piperidine rings is 1. The number of carbonyl (C=O) groups is 2. The summed E-state index contributed by atoms with van der Waals surface area (Å²) in [5.74, 6) is -1.89. The Morgan fingerprint density at radius 1 is 1.21 bits per heavy atom. The lowest BCUT2D eigenvalue weighted by atomic mass is 9.67. The Hall–Kier alpha value is -1.71. The van der Waals surface area contributed by atoms with E-state index in [4.69, 9.17) is 0 Å². The Morgan fingerprint density at radius 2 is 1.84 bits per heavy atom. The molecule has 0 spiro atoms. The molecule has 0 bridgehead atoms. The number of imide groups is 1. The number of benzene rings is 1. The second-order valence-corrected chi connectivity index (χ2v) is 6.09. The maximum atomic E-state index is 13.9. The highest BCUT2D eigenvalue weighted by Crippen LogP contribution is 2.42. The van der Waals surface area contributed by atoms with Gasteiger partial charge in [-0.05, 0) is 17.4 Å². The first kappa shape index (κ1) is 13.7. The zero-order valence-electron chi connectivity index (χ0n) is 11.4. The van der Waals surface area contributed by atoms with E-state index in [1.165, 1.54) is 6.07 Å². The average molecular weight is 263 g/mol. The number of nitrogens with one attached hydrogen (secondary N) is 1. The van der Waals surface area contributed by atoms with Gasteiger partial charge in [0.25, 0.3) is 0 Å². The summed E-state index contributed by atoms with van der Waals surface area (Å²) in [6.07, 6.45) is 0.244. The number of rotatable bonds is 1. The predicted octanol–water partition coefficient (Wildman–Crippen LogP) is 2.62. The van der Waals surface area contributed by atoms with Gasteiger partial charge in [0.05, 0.1) is 5.92 Å². The van der Waals surface area contributed by atoms with E-state index in [1.54, 1.807) is 18.2 Å². The molecule has 1 heterocycles. The summed E-state index contributed by atoms with van der Waals surface area (Å²) in [4.78, 5) is 23.7. The molecule has 1 aliphatic heterocycles. The van der Waals surface area contributed by atoms with Crippen LogP contribution in [0.15, 0.2) is 24.3 Å². The second kappa shape index (κ2) is 4.76. The highest BCUT2D eigenvalue weighted by Gasteiger charge is 2.43. The first-order valence-corrected chi connectivity index (χ1v) is 6.39. The molecule has 1 aromatic rings. The SMILES string of the molecule is CC(C)(C)C1CC(=O)NC(=O)C1c1ccccc1F. The van der Waals surface area contributed by atoms with Gasteiger partial charge in [0.2, 0.25) is 11.8 Å². The molecular formula is C15H18FNO2. The van der Waals surface area contributed by atoms with Crippen molar-refractivity contribution in [1.82, 2.24) is 5.32 Å². The van der Waals surface area contributed by atoms with Gasteiger partial charge in [-0.15, -0.1) is 0 Å². The lowest BCUT2D eigenvalue weighted by Gasteiger charge is -2.39. The molecule has 19 heavy (non-hydrogen) atoms. The number of amides is 2. The normalized spacial score (nSPS) is 24.2. The molecule has 0 radical (unpaired) electrons. The molecular weight excluding hydrogens is 245 g/mol. The van der Waals surface area contributed by atoms with E-state index in [1.807, 2.05) is 20.8 Å². The molecule has 1 N–H and O–H groups in total. The summed E-state index contributed by atoms with van der Waals surface area (Å²) in [6, 6.07) is 6.27. The van der Waals surface area contributed by atoms with Gasteiger partial charge in [-0.25, -0.2) is 4.39 Å². The summed E-state index contributed by atoms with van der Waals surface area (Å²) in [6.45, 7) is 5.91. The van der Waals surface area contributed by atoms with Crippen LogP contribution in [0.5, 0.6) is 0 Å². The maximum absolute atomic E-state index is 13.9. The summed E-state index contributed by atoms with van der Waals surface area (Å²) >= 11 is 0. The third kappa shape index (κ3) is 2.67. The minimum absolute atomic E-state index is 0.203. The van der Waals surface area contributed by atoms with Crippen LogP contribution in [0.25, 0.3) is 0 Å². The molecule has 1 saturated heterocycles. The van der Waals surface area contributed by atoms with Gasteiger partial charge in [-0.2, -0.15) is 0 Å². The van der Waals surface area contributed by atoms with Crippen molar-refractivity contribution < 1.29 is 14.0 Å². The van der Waals surface area contributed by atoms with Crippen molar-refractivity contribution in [2.75, 3.05) is 0 Å². The summed E-state index contributed by atoms with van der Waals surface area (Å²) in [5, 5.41) is 2.31. The van der Waals surface area contributed by atoms with Crippen molar-refractivity contribution in [2.24, 2.45) is 11.3 Å². The summed E-state index contributed by atoms with van der Waals surface area (Å²) in [7, 11) is 0. The molecule has 2 atom stereocenters. The van der Waals surface area contributed by atoms with Crippen LogP contribution in [-0.2, 0) is 9.59 Å².